The quantitative estimate of drug-likeness (QED) is 0.687. The van der Waals surface area contributed by atoms with Crippen LogP contribution in [-0.4, -0.2) is 27.7 Å². The normalized spacial score (nSPS) is 11.5. The van der Waals surface area contributed by atoms with Gasteiger partial charge in [0.2, 0.25) is 10.0 Å². The molecule has 0 saturated carbocycles. The maximum Gasteiger partial charge on any atom is 0.337 e. The summed E-state index contributed by atoms with van der Waals surface area (Å²) < 4.78 is 26.9. The van der Waals surface area contributed by atoms with Crippen LogP contribution in [0.5, 0.6) is 0 Å². The van der Waals surface area contributed by atoms with E-state index in [1.807, 2.05) is 0 Å². The number of primary sulfonamides is 1. The van der Waals surface area contributed by atoms with E-state index in [0.29, 0.717) is 11.3 Å². The molecule has 0 amide bonds. The standard InChI is InChI=1S/C15H14N2O4S/c1-21-15(18)12-4-6-13(7-5-12)17-10-11-2-8-14(9-3-11)22(16,19)20/h2-10H,1H3,(H2,16,19,20). The number of hydrogen-bond acceptors (Lipinski definition) is 5. The van der Waals surface area contributed by atoms with Gasteiger partial charge >= 0.3 is 5.97 Å². The Hall–Kier alpha value is -2.51. The summed E-state index contributed by atoms with van der Waals surface area (Å²) in [7, 11) is -2.37. The summed E-state index contributed by atoms with van der Waals surface area (Å²) in [6.07, 6.45) is 1.58. The van der Waals surface area contributed by atoms with E-state index < -0.39 is 16.0 Å². The predicted octanol–water partition coefficient (Wildman–Crippen LogP) is 1.87. The van der Waals surface area contributed by atoms with Crippen molar-refractivity contribution in [1.29, 1.82) is 0 Å². The Bertz CT molecular complexity index is 794. The highest BCUT2D eigenvalue weighted by Gasteiger charge is 2.06. The molecule has 0 heterocycles. The first-order valence-electron chi connectivity index (χ1n) is 6.25. The molecular weight excluding hydrogens is 304 g/mol. The van der Waals surface area contributed by atoms with Crippen molar-refractivity contribution in [3.05, 3.63) is 59.7 Å². The molecule has 0 aliphatic heterocycles. The van der Waals surface area contributed by atoms with Crippen molar-refractivity contribution < 1.29 is 17.9 Å². The highest BCUT2D eigenvalue weighted by atomic mass is 32.2. The molecule has 0 aromatic heterocycles. The smallest absolute Gasteiger partial charge is 0.337 e. The van der Waals surface area contributed by atoms with E-state index in [1.165, 1.54) is 19.2 Å². The van der Waals surface area contributed by atoms with Gasteiger partial charge in [0.05, 0.1) is 23.3 Å². The number of sulfonamides is 1. The molecule has 2 aromatic rings. The van der Waals surface area contributed by atoms with Crippen LogP contribution in [0, 0.1) is 0 Å². The van der Waals surface area contributed by atoms with E-state index in [4.69, 9.17) is 5.14 Å². The first-order valence-corrected chi connectivity index (χ1v) is 7.80. The van der Waals surface area contributed by atoms with Gasteiger partial charge in [0.15, 0.2) is 0 Å². The number of methoxy groups -OCH3 is 1. The summed E-state index contributed by atoms with van der Waals surface area (Å²) in [4.78, 5) is 15.6. The van der Waals surface area contributed by atoms with Gasteiger partial charge in [-0.1, -0.05) is 12.1 Å². The highest BCUT2D eigenvalue weighted by Crippen LogP contribution is 2.14. The van der Waals surface area contributed by atoms with E-state index >= 15 is 0 Å². The zero-order valence-corrected chi connectivity index (χ0v) is 12.6. The van der Waals surface area contributed by atoms with Gasteiger partial charge in [0, 0.05) is 6.21 Å². The first-order chi connectivity index (χ1) is 10.4. The second-order valence-corrected chi connectivity index (χ2v) is 5.97. The number of benzene rings is 2. The lowest BCUT2D eigenvalue weighted by molar-refractivity contribution is 0.0601. The zero-order valence-electron chi connectivity index (χ0n) is 11.8. The zero-order chi connectivity index (χ0) is 16.2. The summed E-state index contributed by atoms with van der Waals surface area (Å²) in [6.45, 7) is 0. The highest BCUT2D eigenvalue weighted by molar-refractivity contribution is 7.89. The molecule has 2 aromatic carbocycles. The van der Waals surface area contributed by atoms with Crippen LogP contribution < -0.4 is 5.14 Å². The van der Waals surface area contributed by atoms with Crippen LogP contribution in [0.1, 0.15) is 15.9 Å². The van der Waals surface area contributed by atoms with Gasteiger partial charge in [0.1, 0.15) is 0 Å². The molecule has 0 spiro atoms. The van der Waals surface area contributed by atoms with Gasteiger partial charge in [-0.2, -0.15) is 0 Å². The molecule has 0 unspecified atom stereocenters. The Labute approximate surface area is 128 Å². The Morgan fingerprint density at radius 2 is 1.68 bits per heavy atom. The number of nitrogens with two attached hydrogens (primary N) is 1. The van der Waals surface area contributed by atoms with E-state index in [0.717, 1.165) is 5.56 Å². The number of hydrogen-bond donors (Lipinski definition) is 1. The minimum Gasteiger partial charge on any atom is -0.465 e. The van der Waals surface area contributed by atoms with Gasteiger partial charge in [-0.3, -0.25) is 4.99 Å². The van der Waals surface area contributed by atoms with Crippen LogP contribution >= 0.6 is 0 Å². The molecule has 114 valence electrons. The molecule has 0 bridgehead atoms. The SMILES string of the molecule is COC(=O)c1ccc(N=Cc2ccc(S(N)(=O)=O)cc2)cc1. The molecule has 0 fully saturated rings. The fourth-order valence-corrected chi connectivity index (χ4v) is 2.21. The van der Waals surface area contributed by atoms with Gasteiger partial charge in [-0.25, -0.2) is 18.4 Å². The van der Waals surface area contributed by atoms with E-state index in [1.54, 1.807) is 42.6 Å². The molecule has 7 heteroatoms. The molecule has 22 heavy (non-hydrogen) atoms. The second kappa shape index (κ2) is 6.50. The van der Waals surface area contributed by atoms with Gasteiger partial charge in [0.25, 0.3) is 0 Å². The van der Waals surface area contributed by atoms with Crippen LogP contribution in [0.3, 0.4) is 0 Å². The first kappa shape index (κ1) is 15.9. The van der Waals surface area contributed by atoms with Crippen molar-refractivity contribution in [2.45, 2.75) is 4.90 Å². The van der Waals surface area contributed by atoms with Crippen molar-refractivity contribution in [3.63, 3.8) is 0 Å². The molecule has 0 aliphatic rings. The summed E-state index contributed by atoms with van der Waals surface area (Å²) in [5, 5.41) is 5.02. The maximum atomic E-state index is 11.3. The van der Waals surface area contributed by atoms with Gasteiger partial charge < -0.3 is 4.74 Å². The third-order valence-electron chi connectivity index (χ3n) is 2.86. The molecule has 2 rings (SSSR count). The molecule has 0 radical (unpaired) electrons. The van der Waals surface area contributed by atoms with Crippen molar-refractivity contribution in [3.8, 4) is 0 Å². The number of carbonyl (C=O) groups excluding carboxylic acids is 1. The molecular formula is C15H14N2O4S. The summed E-state index contributed by atoms with van der Waals surface area (Å²) in [5.41, 5.74) is 1.83. The van der Waals surface area contributed by atoms with E-state index in [9.17, 15) is 13.2 Å². The number of nitrogens with zero attached hydrogens (tertiary/aromatic N) is 1. The number of esters is 1. The Morgan fingerprint density at radius 1 is 1.09 bits per heavy atom. The molecule has 2 N–H and O–H groups in total. The molecule has 6 nitrogen and oxygen atoms in total. The van der Waals surface area contributed by atoms with Crippen molar-refractivity contribution in [2.75, 3.05) is 7.11 Å². The van der Waals surface area contributed by atoms with E-state index in [-0.39, 0.29) is 4.90 Å². The summed E-state index contributed by atoms with van der Waals surface area (Å²) in [5.74, 6) is -0.408. The monoisotopic (exact) mass is 318 g/mol. The number of carbonyl (C=O) groups is 1. The molecule has 0 atom stereocenters. The largest absolute Gasteiger partial charge is 0.465 e. The van der Waals surface area contributed by atoms with Crippen LogP contribution in [-0.2, 0) is 14.8 Å². The topological polar surface area (TPSA) is 98.8 Å². The lowest BCUT2D eigenvalue weighted by Crippen LogP contribution is -2.11. The van der Waals surface area contributed by atoms with Gasteiger partial charge in [-0.15, -0.1) is 0 Å². The fourth-order valence-electron chi connectivity index (χ4n) is 1.69. The van der Waals surface area contributed by atoms with Crippen LogP contribution in [0.15, 0.2) is 58.4 Å². The van der Waals surface area contributed by atoms with Crippen LogP contribution in [0.25, 0.3) is 0 Å². The third kappa shape index (κ3) is 4.00. The van der Waals surface area contributed by atoms with Crippen LogP contribution in [0.4, 0.5) is 5.69 Å². The van der Waals surface area contributed by atoms with Crippen molar-refractivity contribution in [2.24, 2.45) is 10.1 Å². The average Bonchev–Trinajstić information content (AvgIpc) is 2.52. The van der Waals surface area contributed by atoms with Crippen LogP contribution in [0.2, 0.25) is 0 Å². The average molecular weight is 318 g/mol. The van der Waals surface area contributed by atoms with Crippen molar-refractivity contribution in [1.82, 2.24) is 0 Å². The molecule has 0 saturated heterocycles. The third-order valence-corrected chi connectivity index (χ3v) is 3.79. The summed E-state index contributed by atoms with van der Waals surface area (Å²) in [6, 6.07) is 12.6. The second-order valence-electron chi connectivity index (χ2n) is 4.41. The lowest BCUT2D eigenvalue weighted by atomic mass is 10.2. The number of aliphatic imine (C=N–C) groups is 1. The Balaban J connectivity index is 2.13. The molecule has 0 aliphatic carbocycles. The minimum absolute atomic E-state index is 0.0482. The number of rotatable bonds is 4. The number of ether oxygens (including phenoxy) is 1. The Kier molecular flexibility index (Phi) is 4.69. The van der Waals surface area contributed by atoms with E-state index in [2.05, 4.69) is 9.73 Å². The summed E-state index contributed by atoms with van der Waals surface area (Å²) >= 11 is 0. The lowest BCUT2D eigenvalue weighted by Gasteiger charge is -2.00. The predicted molar refractivity (Wildman–Crippen MR) is 82.9 cm³/mol. The Morgan fingerprint density at radius 3 is 2.18 bits per heavy atom. The van der Waals surface area contributed by atoms with Crippen molar-refractivity contribution >= 4 is 27.9 Å². The maximum absolute atomic E-state index is 11.3. The fraction of sp³-hybridized carbons (Fsp3) is 0.0667. The minimum atomic E-state index is -3.69. The van der Waals surface area contributed by atoms with Gasteiger partial charge in [-0.05, 0) is 42.0 Å².